The third-order valence-corrected chi connectivity index (χ3v) is 2.19. The molecule has 0 aromatic heterocycles. The van der Waals surface area contributed by atoms with Crippen LogP contribution in [0.5, 0.6) is 0 Å². The van der Waals surface area contributed by atoms with Gasteiger partial charge in [0.25, 0.3) is 5.69 Å². The van der Waals surface area contributed by atoms with Gasteiger partial charge in [-0.2, -0.15) is 0 Å². The van der Waals surface area contributed by atoms with Crippen molar-refractivity contribution in [2.45, 2.75) is 13.0 Å². The van der Waals surface area contributed by atoms with E-state index in [2.05, 4.69) is 0 Å². The predicted molar refractivity (Wildman–Crippen MR) is 62.5 cm³/mol. The van der Waals surface area contributed by atoms with E-state index in [1.807, 2.05) is 0 Å². The van der Waals surface area contributed by atoms with Gasteiger partial charge in [-0.1, -0.05) is 0 Å². The number of nitrogens with zero attached hydrogens (tertiary/aromatic N) is 2. The van der Waals surface area contributed by atoms with Crippen LogP contribution < -0.4 is 10.6 Å². The largest absolute Gasteiger partial charge is 0.393 e. The molecule has 0 spiro atoms. The Morgan fingerprint density at radius 1 is 1.62 bits per heavy atom. The number of aliphatic hydroxyl groups excluding tert-OH is 1. The average Bonchev–Trinajstić information content (AvgIpc) is 2.15. The fourth-order valence-electron chi connectivity index (χ4n) is 1.45. The summed E-state index contributed by atoms with van der Waals surface area (Å²) in [7, 11) is 1.79. The molecule has 1 unspecified atom stereocenters. The quantitative estimate of drug-likeness (QED) is 0.453. The van der Waals surface area contributed by atoms with Crippen molar-refractivity contribution in [3.8, 4) is 0 Å². The Morgan fingerprint density at radius 2 is 2.25 bits per heavy atom. The first kappa shape index (κ1) is 12.3. The minimum Gasteiger partial charge on any atom is -0.393 e. The number of rotatable bonds is 4. The van der Waals surface area contributed by atoms with Gasteiger partial charge < -0.3 is 15.7 Å². The number of nitrogens with two attached hydrogens (primary N) is 1. The molecule has 1 aromatic carbocycles. The Hall–Kier alpha value is -1.82. The Kier molecular flexibility index (Phi) is 3.68. The molecule has 0 radical (unpaired) electrons. The maximum absolute atomic E-state index is 10.6. The fourth-order valence-corrected chi connectivity index (χ4v) is 1.45. The maximum atomic E-state index is 10.6. The van der Waals surface area contributed by atoms with E-state index < -0.39 is 11.0 Å². The number of likely N-dealkylation sites (N-methyl/N-ethyl adjacent to an activating group) is 1. The van der Waals surface area contributed by atoms with Crippen LogP contribution in [0.15, 0.2) is 18.2 Å². The minimum atomic E-state index is -0.520. The molecule has 1 rings (SSSR count). The lowest BCUT2D eigenvalue weighted by Crippen LogP contribution is -2.26. The van der Waals surface area contributed by atoms with Gasteiger partial charge in [0.2, 0.25) is 0 Å². The van der Waals surface area contributed by atoms with Gasteiger partial charge in [-0.3, -0.25) is 10.1 Å². The van der Waals surface area contributed by atoms with E-state index in [0.717, 1.165) is 5.69 Å². The highest BCUT2D eigenvalue weighted by atomic mass is 16.6. The zero-order valence-electron chi connectivity index (χ0n) is 9.25. The van der Waals surface area contributed by atoms with Crippen molar-refractivity contribution in [1.82, 2.24) is 0 Å². The molecule has 0 heterocycles. The Morgan fingerprint density at radius 3 is 2.69 bits per heavy atom. The minimum absolute atomic E-state index is 0.103. The molecule has 0 aliphatic heterocycles. The molecule has 88 valence electrons. The zero-order chi connectivity index (χ0) is 12.3. The van der Waals surface area contributed by atoms with E-state index in [1.54, 1.807) is 24.9 Å². The fraction of sp³-hybridized carbons (Fsp3) is 0.400. The number of anilines is 2. The topological polar surface area (TPSA) is 92.6 Å². The van der Waals surface area contributed by atoms with E-state index in [1.165, 1.54) is 12.1 Å². The van der Waals surface area contributed by atoms with E-state index in [9.17, 15) is 15.2 Å². The summed E-state index contributed by atoms with van der Waals surface area (Å²) < 4.78 is 0. The van der Waals surface area contributed by atoms with E-state index >= 15 is 0 Å². The normalized spacial score (nSPS) is 12.2. The first-order valence-corrected chi connectivity index (χ1v) is 4.85. The lowest BCUT2D eigenvalue weighted by Gasteiger charge is -2.21. The monoisotopic (exact) mass is 225 g/mol. The van der Waals surface area contributed by atoms with Gasteiger partial charge in [0.15, 0.2) is 0 Å². The summed E-state index contributed by atoms with van der Waals surface area (Å²) in [6.07, 6.45) is -0.471. The van der Waals surface area contributed by atoms with Crippen molar-refractivity contribution in [3.05, 3.63) is 28.3 Å². The highest BCUT2D eigenvalue weighted by Crippen LogP contribution is 2.26. The summed E-state index contributed by atoms with van der Waals surface area (Å²) in [5, 5.41) is 19.8. The van der Waals surface area contributed by atoms with Crippen LogP contribution in [0.4, 0.5) is 17.1 Å². The molecule has 0 saturated carbocycles. The summed E-state index contributed by atoms with van der Waals surface area (Å²) in [5.74, 6) is 0. The van der Waals surface area contributed by atoms with Gasteiger partial charge in [-0.15, -0.1) is 0 Å². The van der Waals surface area contributed by atoms with Crippen LogP contribution in [0.3, 0.4) is 0 Å². The Balaban J connectivity index is 2.92. The average molecular weight is 225 g/mol. The number of hydrogen-bond acceptors (Lipinski definition) is 5. The molecular formula is C10H15N3O3. The van der Waals surface area contributed by atoms with E-state index in [0.29, 0.717) is 6.54 Å². The lowest BCUT2D eigenvalue weighted by molar-refractivity contribution is -0.383. The lowest BCUT2D eigenvalue weighted by atomic mass is 10.2. The van der Waals surface area contributed by atoms with Crippen LogP contribution in [0.25, 0.3) is 0 Å². The molecule has 16 heavy (non-hydrogen) atoms. The molecule has 6 heteroatoms. The Bertz CT molecular complexity index is 393. The van der Waals surface area contributed by atoms with Crippen LogP contribution in [0, 0.1) is 10.1 Å². The molecular weight excluding hydrogens is 210 g/mol. The van der Waals surface area contributed by atoms with Crippen molar-refractivity contribution in [2.75, 3.05) is 24.2 Å². The van der Waals surface area contributed by atoms with Crippen LogP contribution in [0.2, 0.25) is 0 Å². The van der Waals surface area contributed by atoms with Crippen LogP contribution in [-0.2, 0) is 0 Å². The molecule has 6 nitrogen and oxygen atoms in total. The second kappa shape index (κ2) is 4.80. The highest BCUT2D eigenvalue weighted by molar-refractivity contribution is 5.66. The van der Waals surface area contributed by atoms with Crippen molar-refractivity contribution in [1.29, 1.82) is 0 Å². The molecule has 3 N–H and O–H groups in total. The highest BCUT2D eigenvalue weighted by Gasteiger charge is 2.13. The van der Waals surface area contributed by atoms with Crippen LogP contribution in [0.1, 0.15) is 6.92 Å². The standard InChI is InChI=1S/C10H15N3O3/c1-7(14)6-12(2)8-3-4-10(13(15)16)9(11)5-8/h3-5,7,14H,6,11H2,1-2H3. The van der Waals surface area contributed by atoms with Crippen molar-refractivity contribution >= 4 is 17.1 Å². The molecule has 0 aliphatic carbocycles. The number of hydrogen-bond donors (Lipinski definition) is 2. The first-order valence-electron chi connectivity index (χ1n) is 4.85. The van der Waals surface area contributed by atoms with Gasteiger partial charge in [0.1, 0.15) is 5.69 Å². The second-order valence-corrected chi connectivity index (χ2v) is 3.73. The molecule has 1 atom stereocenters. The number of nitro benzene ring substituents is 1. The maximum Gasteiger partial charge on any atom is 0.292 e. The summed E-state index contributed by atoms with van der Waals surface area (Å²) in [5.41, 5.74) is 6.32. The van der Waals surface area contributed by atoms with Crippen LogP contribution in [-0.4, -0.2) is 29.7 Å². The third kappa shape index (κ3) is 2.83. The molecule has 1 aromatic rings. The zero-order valence-corrected chi connectivity index (χ0v) is 9.25. The third-order valence-electron chi connectivity index (χ3n) is 2.19. The van der Waals surface area contributed by atoms with Crippen molar-refractivity contribution in [3.63, 3.8) is 0 Å². The SMILES string of the molecule is CC(O)CN(C)c1ccc([N+](=O)[O-])c(N)c1. The first-order chi connectivity index (χ1) is 7.41. The molecule has 0 amide bonds. The van der Waals surface area contributed by atoms with Gasteiger partial charge in [0.05, 0.1) is 11.0 Å². The van der Waals surface area contributed by atoms with Gasteiger partial charge in [0, 0.05) is 25.3 Å². The van der Waals surface area contributed by atoms with E-state index in [4.69, 9.17) is 5.73 Å². The number of benzene rings is 1. The number of nitrogen functional groups attached to an aromatic ring is 1. The number of aliphatic hydroxyl groups is 1. The summed E-state index contributed by atoms with van der Waals surface area (Å²) in [6.45, 7) is 2.11. The summed E-state index contributed by atoms with van der Waals surface area (Å²) in [4.78, 5) is 11.8. The van der Waals surface area contributed by atoms with E-state index in [-0.39, 0.29) is 11.4 Å². The molecule has 0 saturated heterocycles. The Labute approximate surface area is 93.4 Å². The number of nitro groups is 1. The van der Waals surface area contributed by atoms with Crippen LogP contribution >= 0.6 is 0 Å². The smallest absolute Gasteiger partial charge is 0.292 e. The molecule has 0 bridgehead atoms. The summed E-state index contributed by atoms with van der Waals surface area (Å²) >= 11 is 0. The van der Waals surface area contributed by atoms with Gasteiger partial charge >= 0.3 is 0 Å². The van der Waals surface area contributed by atoms with Crippen molar-refractivity contribution in [2.24, 2.45) is 0 Å². The van der Waals surface area contributed by atoms with Gasteiger partial charge in [-0.05, 0) is 19.1 Å². The molecule has 0 fully saturated rings. The predicted octanol–water partition coefficient (Wildman–Crippen LogP) is 0.994. The van der Waals surface area contributed by atoms with Crippen molar-refractivity contribution < 1.29 is 10.0 Å². The molecule has 0 aliphatic rings. The van der Waals surface area contributed by atoms with Gasteiger partial charge in [-0.25, -0.2) is 0 Å². The second-order valence-electron chi connectivity index (χ2n) is 3.73. The summed E-state index contributed by atoms with van der Waals surface area (Å²) in [6, 6.07) is 4.50.